The lowest BCUT2D eigenvalue weighted by molar-refractivity contribution is 0.580. The maximum atomic E-state index is 13.3. The van der Waals surface area contributed by atoms with E-state index in [1.807, 2.05) is 19.9 Å². The molecule has 98 valence electrons. The minimum atomic E-state index is -0.674. The van der Waals surface area contributed by atoms with E-state index in [0.717, 1.165) is 29.7 Å². The smallest absolute Gasteiger partial charge is 0.243 e. The molecule has 0 saturated heterocycles. The van der Waals surface area contributed by atoms with Gasteiger partial charge in [0.05, 0.1) is 11.8 Å². The fraction of sp³-hybridized carbons (Fsp3) is 0.154. The predicted molar refractivity (Wildman–Crippen MR) is 69.1 cm³/mol. The Morgan fingerprint density at radius 3 is 2.26 bits per heavy atom. The Balaban J connectivity index is 2.16. The van der Waals surface area contributed by atoms with Crippen molar-refractivity contribution in [2.75, 3.05) is 5.43 Å². The molecule has 0 spiro atoms. The van der Waals surface area contributed by atoms with Crippen LogP contribution in [-0.4, -0.2) is 16.2 Å². The molecule has 0 aliphatic heterocycles. The molecular weight excluding hydrogens is 250 g/mol. The number of rotatable bonds is 3. The van der Waals surface area contributed by atoms with E-state index in [4.69, 9.17) is 0 Å². The van der Waals surface area contributed by atoms with Crippen molar-refractivity contribution in [3.63, 3.8) is 0 Å². The van der Waals surface area contributed by atoms with E-state index in [-0.39, 0.29) is 11.5 Å². The molecule has 1 heterocycles. The number of aromatic nitrogens is 2. The quantitative estimate of drug-likeness (QED) is 0.683. The van der Waals surface area contributed by atoms with E-state index in [1.54, 1.807) is 0 Å². The standard InChI is InChI=1S/C13H12F2N4/c1-8-6-9(2)18-13(17-8)19-16-7-10-11(14)4-3-5-12(10)15/h3-7H,1-2H3,(H,17,18,19)/b16-7+. The van der Waals surface area contributed by atoms with Crippen molar-refractivity contribution in [1.82, 2.24) is 9.97 Å². The van der Waals surface area contributed by atoms with Crippen LogP contribution in [0, 0.1) is 25.5 Å². The van der Waals surface area contributed by atoms with E-state index < -0.39 is 11.6 Å². The van der Waals surface area contributed by atoms with E-state index in [9.17, 15) is 8.78 Å². The fourth-order valence-electron chi connectivity index (χ4n) is 1.56. The van der Waals surface area contributed by atoms with Crippen molar-refractivity contribution in [2.45, 2.75) is 13.8 Å². The van der Waals surface area contributed by atoms with Gasteiger partial charge >= 0.3 is 0 Å². The van der Waals surface area contributed by atoms with Crippen molar-refractivity contribution < 1.29 is 8.78 Å². The molecule has 0 bridgehead atoms. The Morgan fingerprint density at radius 1 is 1.11 bits per heavy atom. The van der Waals surface area contributed by atoms with Crippen molar-refractivity contribution >= 4 is 12.2 Å². The highest BCUT2D eigenvalue weighted by Gasteiger charge is 2.05. The summed E-state index contributed by atoms with van der Waals surface area (Å²) in [6, 6.07) is 5.43. The summed E-state index contributed by atoms with van der Waals surface area (Å²) in [7, 11) is 0. The topological polar surface area (TPSA) is 50.2 Å². The summed E-state index contributed by atoms with van der Waals surface area (Å²) in [5.41, 5.74) is 3.89. The molecule has 0 aliphatic carbocycles. The second-order valence-electron chi connectivity index (χ2n) is 3.98. The Labute approximate surface area is 109 Å². The number of hydrazone groups is 1. The van der Waals surface area contributed by atoms with Gasteiger partial charge in [-0.1, -0.05) is 6.07 Å². The third kappa shape index (κ3) is 3.31. The van der Waals surface area contributed by atoms with E-state index in [1.165, 1.54) is 6.07 Å². The molecule has 0 atom stereocenters. The van der Waals surface area contributed by atoms with Gasteiger partial charge in [0.2, 0.25) is 5.95 Å². The molecule has 0 amide bonds. The van der Waals surface area contributed by atoms with E-state index in [0.29, 0.717) is 0 Å². The minimum Gasteiger partial charge on any atom is -0.245 e. The first kappa shape index (κ1) is 13.1. The molecule has 1 N–H and O–H groups in total. The number of aryl methyl sites for hydroxylation is 2. The maximum absolute atomic E-state index is 13.3. The number of benzene rings is 1. The molecule has 19 heavy (non-hydrogen) atoms. The van der Waals surface area contributed by atoms with Gasteiger partial charge in [0.25, 0.3) is 0 Å². The summed E-state index contributed by atoms with van der Waals surface area (Å²) in [4.78, 5) is 8.17. The molecule has 0 radical (unpaired) electrons. The van der Waals surface area contributed by atoms with Crippen LogP contribution in [0.15, 0.2) is 29.4 Å². The number of hydrogen-bond donors (Lipinski definition) is 1. The molecule has 1 aromatic heterocycles. The molecule has 0 saturated carbocycles. The number of hydrogen-bond acceptors (Lipinski definition) is 4. The summed E-state index contributed by atoms with van der Waals surface area (Å²) < 4.78 is 26.6. The molecule has 0 aliphatic rings. The number of nitrogens with zero attached hydrogens (tertiary/aromatic N) is 3. The highest BCUT2D eigenvalue weighted by Crippen LogP contribution is 2.09. The number of anilines is 1. The Morgan fingerprint density at radius 2 is 1.68 bits per heavy atom. The van der Waals surface area contributed by atoms with Crippen molar-refractivity contribution in [3.8, 4) is 0 Å². The average Bonchev–Trinajstić information content (AvgIpc) is 2.32. The average molecular weight is 262 g/mol. The molecule has 6 heteroatoms. The first-order valence-electron chi connectivity index (χ1n) is 5.61. The Bertz CT molecular complexity index is 586. The molecule has 2 rings (SSSR count). The molecule has 0 unspecified atom stereocenters. The van der Waals surface area contributed by atoms with Gasteiger partial charge in [-0.05, 0) is 32.0 Å². The van der Waals surface area contributed by atoms with Crippen LogP contribution in [0.5, 0.6) is 0 Å². The minimum absolute atomic E-state index is 0.209. The lowest BCUT2D eigenvalue weighted by atomic mass is 10.2. The molecular formula is C13H12F2N4. The van der Waals surface area contributed by atoms with Crippen molar-refractivity contribution in [2.24, 2.45) is 5.10 Å². The first-order chi connectivity index (χ1) is 9.06. The predicted octanol–water partition coefficient (Wildman–Crippen LogP) is 2.82. The van der Waals surface area contributed by atoms with Crippen LogP contribution in [0.3, 0.4) is 0 Å². The van der Waals surface area contributed by atoms with Crippen LogP contribution in [0.2, 0.25) is 0 Å². The monoisotopic (exact) mass is 262 g/mol. The number of halogens is 2. The van der Waals surface area contributed by atoms with Gasteiger partial charge in [-0.25, -0.2) is 24.2 Å². The summed E-state index contributed by atoms with van der Waals surface area (Å²) in [5.74, 6) is -1.07. The summed E-state index contributed by atoms with van der Waals surface area (Å²) in [6.45, 7) is 3.64. The van der Waals surface area contributed by atoms with Crippen LogP contribution in [0.1, 0.15) is 17.0 Å². The molecule has 4 nitrogen and oxygen atoms in total. The largest absolute Gasteiger partial charge is 0.245 e. The van der Waals surface area contributed by atoms with Crippen LogP contribution >= 0.6 is 0 Å². The summed E-state index contributed by atoms with van der Waals surface area (Å²) in [5, 5.41) is 3.74. The summed E-state index contributed by atoms with van der Waals surface area (Å²) >= 11 is 0. The van der Waals surface area contributed by atoms with Crippen LogP contribution < -0.4 is 5.43 Å². The SMILES string of the molecule is Cc1cc(C)nc(N/N=C/c2c(F)cccc2F)n1. The highest BCUT2D eigenvalue weighted by molar-refractivity contribution is 5.80. The van der Waals surface area contributed by atoms with Gasteiger partial charge in [-0.3, -0.25) is 0 Å². The van der Waals surface area contributed by atoms with Gasteiger partial charge in [-0.2, -0.15) is 5.10 Å². The fourth-order valence-corrected chi connectivity index (χ4v) is 1.56. The Hall–Kier alpha value is -2.37. The van der Waals surface area contributed by atoms with Crippen molar-refractivity contribution in [3.05, 3.63) is 52.9 Å². The normalized spacial score (nSPS) is 10.9. The number of nitrogens with one attached hydrogen (secondary N) is 1. The van der Waals surface area contributed by atoms with Gasteiger partial charge in [0.15, 0.2) is 0 Å². The molecule has 0 fully saturated rings. The van der Waals surface area contributed by atoms with Crippen molar-refractivity contribution in [1.29, 1.82) is 0 Å². The zero-order valence-electron chi connectivity index (χ0n) is 10.5. The third-order valence-corrected chi connectivity index (χ3v) is 2.34. The lowest BCUT2D eigenvalue weighted by Gasteiger charge is -2.02. The van der Waals surface area contributed by atoms with Gasteiger partial charge in [-0.15, -0.1) is 0 Å². The van der Waals surface area contributed by atoms with E-state index >= 15 is 0 Å². The molecule has 1 aromatic carbocycles. The van der Waals surface area contributed by atoms with Gasteiger partial charge in [0.1, 0.15) is 11.6 Å². The Kier molecular flexibility index (Phi) is 3.79. The van der Waals surface area contributed by atoms with Gasteiger partial charge < -0.3 is 0 Å². The summed E-state index contributed by atoms with van der Waals surface area (Å²) in [6.07, 6.45) is 1.06. The third-order valence-electron chi connectivity index (χ3n) is 2.34. The first-order valence-corrected chi connectivity index (χ1v) is 5.61. The van der Waals surface area contributed by atoms with Crippen LogP contribution in [0.4, 0.5) is 14.7 Å². The zero-order valence-corrected chi connectivity index (χ0v) is 10.5. The second kappa shape index (κ2) is 5.51. The lowest BCUT2D eigenvalue weighted by Crippen LogP contribution is -2.01. The van der Waals surface area contributed by atoms with Crippen LogP contribution in [-0.2, 0) is 0 Å². The second-order valence-corrected chi connectivity index (χ2v) is 3.98. The van der Waals surface area contributed by atoms with Gasteiger partial charge in [0, 0.05) is 11.4 Å². The van der Waals surface area contributed by atoms with E-state index in [2.05, 4.69) is 20.5 Å². The van der Waals surface area contributed by atoms with Crippen LogP contribution in [0.25, 0.3) is 0 Å². The highest BCUT2D eigenvalue weighted by atomic mass is 19.1. The zero-order chi connectivity index (χ0) is 13.8. The maximum Gasteiger partial charge on any atom is 0.243 e. The molecule has 2 aromatic rings.